The number of hydrogen-bond donors (Lipinski definition) is 2. The van der Waals surface area contributed by atoms with Gasteiger partial charge in [-0.15, -0.1) is 0 Å². The van der Waals surface area contributed by atoms with Crippen LogP contribution >= 0.6 is 0 Å². The minimum Gasteiger partial charge on any atom is -0.457 e. The molecule has 0 unspecified atom stereocenters. The minimum absolute atomic E-state index is 0.295. The van der Waals surface area contributed by atoms with Crippen molar-refractivity contribution in [1.29, 1.82) is 0 Å². The van der Waals surface area contributed by atoms with Gasteiger partial charge in [0.2, 0.25) is 0 Å². The quantitative estimate of drug-likeness (QED) is 0.565. The number of fused-ring (bicyclic) bond motifs is 1. The topological polar surface area (TPSA) is 62.8 Å². The molecule has 4 aromatic rings. The number of pyridine rings is 1. The van der Waals surface area contributed by atoms with Crippen molar-refractivity contribution >= 4 is 11.2 Å². The van der Waals surface area contributed by atoms with E-state index < -0.39 is 0 Å². The first-order chi connectivity index (χ1) is 12.7. The van der Waals surface area contributed by atoms with Crippen LogP contribution in [-0.4, -0.2) is 22.0 Å². The van der Waals surface area contributed by atoms with Crippen LogP contribution < -0.4 is 10.1 Å². The van der Waals surface area contributed by atoms with E-state index in [0.717, 1.165) is 22.5 Å². The Bertz CT molecular complexity index is 1010. The van der Waals surface area contributed by atoms with Crippen LogP contribution in [0.3, 0.4) is 0 Å². The van der Waals surface area contributed by atoms with Crippen molar-refractivity contribution < 1.29 is 9.13 Å². The second-order valence-corrected chi connectivity index (χ2v) is 5.87. The van der Waals surface area contributed by atoms with Gasteiger partial charge in [0.25, 0.3) is 0 Å². The van der Waals surface area contributed by atoms with E-state index in [4.69, 9.17) is 4.74 Å². The van der Waals surface area contributed by atoms with E-state index in [9.17, 15) is 4.39 Å². The highest BCUT2D eigenvalue weighted by Crippen LogP contribution is 2.30. The van der Waals surface area contributed by atoms with Gasteiger partial charge in [-0.05, 0) is 49.5 Å². The molecule has 6 heteroatoms. The number of benzene rings is 2. The molecule has 0 aliphatic rings. The highest BCUT2D eigenvalue weighted by molar-refractivity contribution is 5.76. The molecule has 0 fully saturated rings. The minimum atomic E-state index is -0.295. The van der Waals surface area contributed by atoms with Crippen LogP contribution in [0.25, 0.3) is 22.6 Å². The van der Waals surface area contributed by atoms with Gasteiger partial charge < -0.3 is 15.0 Å². The number of aromatic amines is 1. The monoisotopic (exact) mass is 348 g/mol. The van der Waals surface area contributed by atoms with Gasteiger partial charge in [-0.1, -0.05) is 12.1 Å². The van der Waals surface area contributed by atoms with E-state index in [2.05, 4.69) is 20.3 Å². The maximum Gasteiger partial charge on any atom is 0.178 e. The number of ether oxygens (including phenoxy) is 1. The molecule has 0 aliphatic carbocycles. The molecule has 4 rings (SSSR count). The molecule has 0 amide bonds. The molecule has 130 valence electrons. The van der Waals surface area contributed by atoms with E-state index in [-0.39, 0.29) is 5.82 Å². The fourth-order valence-electron chi connectivity index (χ4n) is 2.74. The van der Waals surface area contributed by atoms with Crippen molar-refractivity contribution in [2.45, 2.75) is 6.54 Å². The van der Waals surface area contributed by atoms with Gasteiger partial charge in [0.15, 0.2) is 5.65 Å². The van der Waals surface area contributed by atoms with E-state index in [1.807, 2.05) is 37.4 Å². The number of hydrogen-bond acceptors (Lipinski definition) is 4. The smallest absolute Gasteiger partial charge is 0.178 e. The number of rotatable bonds is 5. The second-order valence-electron chi connectivity index (χ2n) is 5.87. The lowest BCUT2D eigenvalue weighted by Crippen LogP contribution is -2.06. The third-order valence-corrected chi connectivity index (χ3v) is 4.01. The Labute approximate surface area is 149 Å². The number of halogens is 1. The molecule has 5 nitrogen and oxygen atoms in total. The highest BCUT2D eigenvalue weighted by Gasteiger charge is 2.11. The Hall–Kier alpha value is -3.25. The summed E-state index contributed by atoms with van der Waals surface area (Å²) in [5.74, 6) is 1.69. The van der Waals surface area contributed by atoms with Crippen molar-refractivity contribution in [2.24, 2.45) is 0 Å². The highest BCUT2D eigenvalue weighted by atomic mass is 19.1. The Morgan fingerprint density at radius 1 is 1.12 bits per heavy atom. The Balaban J connectivity index is 1.73. The average molecular weight is 348 g/mol. The number of imidazole rings is 1. The Morgan fingerprint density at radius 3 is 2.73 bits per heavy atom. The van der Waals surface area contributed by atoms with E-state index in [1.165, 1.54) is 12.1 Å². The summed E-state index contributed by atoms with van der Waals surface area (Å²) < 4.78 is 19.1. The van der Waals surface area contributed by atoms with Crippen molar-refractivity contribution in [2.75, 3.05) is 7.05 Å². The zero-order chi connectivity index (χ0) is 17.9. The number of nitrogens with one attached hydrogen (secondary N) is 2. The van der Waals surface area contributed by atoms with E-state index in [0.29, 0.717) is 23.7 Å². The number of aromatic nitrogens is 3. The Morgan fingerprint density at radius 2 is 1.96 bits per heavy atom. The fourth-order valence-corrected chi connectivity index (χ4v) is 2.74. The summed E-state index contributed by atoms with van der Waals surface area (Å²) >= 11 is 0. The standard InChI is InChI=1S/C20H17FN4O/c1-22-12-14-5-4-13(19-24-17-3-2-10-23-20(17)25-19)11-18(14)26-16-8-6-15(21)7-9-16/h2-11,22H,12H2,1H3,(H,23,24,25). The van der Waals surface area contributed by atoms with Gasteiger partial charge >= 0.3 is 0 Å². The molecular formula is C20H17FN4O. The molecule has 0 radical (unpaired) electrons. The summed E-state index contributed by atoms with van der Waals surface area (Å²) in [7, 11) is 1.88. The van der Waals surface area contributed by atoms with Crippen LogP contribution in [0.1, 0.15) is 5.56 Å². The molecule has 0 spiro atoms. The molecular weight excluding hydrogens is 331 g/mol. The molecule has 0 atom stereocenters. The molecule has 0 saturated heterocycles. The summed E-state index contributed by atoms with van der Waals surface area (Å²) in [6, 6.07) is 15.7. The van der Waals surface area contributed by atoms with Crippen LogP contribution in [0, 0.1) is 5.82 Å². The summed E-state index contributed by atoms with van der Waals surface area (Å²) in [6.07, 6.45) is 1.71. The molecule has 26 heavy (non-hydrogen) atoms. The van der Waals surface area contributed by atoms with Crippen LogP contribution in [0.2, 0.25) is 0 Å². The van der Waals surface area contributed by atoms with Gasteiger partial charge in [0.1, 0.15) is 23.1 Å². The fraction of sp³-hybridized carbons (Fsp3) is 0.100. The first kappa shape index (κ1) is 16.2. The second kappa shape index (κ2) is 6.93. The lowest BCUT2D eigenvalue weighted by molar-refractivity contribution is 0.472. The number of nitrogens with zero attached hydrogens (tertiary/aromatic N) is 2. The molecule has 0 aliphatic heterocycles. The predicted molar refractivity (Wildman–Crippen MR) is 98.6 cm³/mol. The summed E-state index contributed by atoms with van der Waals surface area (Å²) in [4.78, 5) is 12.1. The summed E-state index contributed by atoms with van der Waals surface area (Å²) in [5, 5.41) is 3.13. The summed E-state index contributed by atoms with van der Waals surface area (Å²) in [6.45, 7) is 0.651. The zero-order valence-electron chi connectivity index (χ0n) is 14.2. The molecule has 2 aromatic carbocycles. The van der Waals surface area contributed by atoms with Crippen molar-refractivity contribution in [3.8, 4) is 22.9 Å². The van der Waals surface area contributed by atoms with E-state index >= 15 is 0 Å². The number of H-pyrrole nitrogens is 1. The van der Waals surface area contributed by atoms with Crippen molar-refractivity contribution in [3.05, 3.63) is 72.2 Å². The van der Waals surface area contributed by atoms with Crippen molar-refractivity contribution in [1.82, 2.24) is 20.3 Å². The molecule has 0 saturated carbocycles. The van der Waals surface area contributed by atoms with Crippen LogP contribution in [0.15, 0.2) is 60.8 Å². The van der Waals surface area contributed by atoms with E-state index in [1.54, 1.807) is 18.3 Å². The molecule has 2 heterocycles. The van der Waals surface area contributed by atoms with Crippen molar-refractivity contribution in [3.63, 3.8) is 0 Å². The van der Waals surface area contributed by atoms with Gasteiger partial charge in [-0.3, -0.25) is 0 Å². The third kappa shape index (κ3) is 3.27. The first-order valence-corrected chi connectivity index (χ1v) is 8.25. The first-order valence-electron chi connectivity index (χ1n) is 8.25. The van der Waals surface area contributed by atoms with Gasteiger partial charge in [-0.25, -0.2) is 14.4 Å². The SMILES string of the molecule is CNCc1ccc(-c2nc3ncccc3[nH]2)cc1Oc1ccc(F)cc1. The Kier molecular flexibility index (Phi) is 4.33. The molecule has 2 aromatic heterocycles. The maximum absolute atomic E-state index is 13.1. The normalized spacial score (nSPS) is 11.0. The molecule has 0 bridgehead atoms. The predicted octanol–water partition coefficient (Wildman–Crippen LogP) is 4.28. The summed E-state index contributed by atoms with van der Waals surface area (Å²) in [5.41, 5.74) is 3.43. The lowest BCUT2D eigenvalue weighted by Gasteiger charge is -2.12. The maximum atomic E-state index is 13.1. The molecule has 2 N–H and O–H groups in total. The van der Waals surface area contributed by atoms with Gasteiger partial charge in [-0.2, -0.15) is 0 Å². The van der Waals surface area contributed by atoms with Gasteiger partial charge in [0.05, 0.1) is 5.52 Å². The average Bonchev–Trinajstić information content (AvgIpc) is 3.09. The zero-order valence-corrected chi connectivity index (χ0v) is 14.2. The lowest BCUT2D eigenvalue weighted by atomic mass is 10.1. The van der Waals surface area contributed by atoms with Crippen LogP contribution in [-0.2, 0) is 6.54 Å². The van der Waals surface area contributed by atoms with Crippen LogP contribution in [0.4, 0.5) is 4.39 Å². The third-order valence-electron chi connectivity index (χ3n) is 4.01. The largest absolute Gasteiger partial charge is 0.457 e. The van der Waals surface area contributed by atoms with Crippen LogP contribution in [0.5, 0.6) is 11.5 Å². The van der Waals surface area contributed by atoms with Gasteiger partial charge in [0, 0.05) is 23.9 Å².